The van der Waals surface area contributed by atoms with E-state index >= 15 is 0 Å². The summed E-state index contributed by atoms with van der Waals surface area (Å²) in [6.07, 6.45) is 2.62. The molecule has 4 rings (SSSR count). The van der Waals surface area contributed by atoms with Crippen LogP contribution in [-0.2, 0) is 25.4 Å². The molecule has 1 aliphatic carbocycles. The van der Waals surface area contributed by atoms with Crippen LogP contribution in [0.4, 0.5) is 11.6 Å². The lowest BCUT2D eigenvalue weighted by Crippen LogP contribution is -2.30. The summed E-state index contributed by atoms with van der Waals surface area (Å²) in [5, 5.41) is 10.5. The Morgan fingerprint density at radius 2 is 1.91 bits per heavy atom. The molecule has 3 aromatic rings. The molecular formula is C23H30ClN7O. The summed E-state index contributed by atoms with van der Waals surface area (Å²) in [4.78, 5) is 24.0. The molecule has 0 radical (unpaired) electrons. The maximum atomic E-state index is 12.5. The number of fused-ring (bicyclic) bond motifs is 3. The average Bonchev–Trinajstić information content (AvgIpc) is 3.07. The summed E-state index contributed by atoms with van der Waals surface area (Å²) in [5.41, 5.74) is 6.05. The van der Waals surface area contributed by atoms with E-state index in [2.05, 4.69) is 65.7 Å². The first kappa shape index (κ1) is 23.7. The Labute approximate surface area is 194 Å². The number of halogens is 1. The topological polar surface area (TPSA) is 88.0 Å². The van der Waals surface area contributed by atoms with Gasteiger partial charge in [0.05, 0.1) is 11.4 Å². The van der Waals surface area contributed by atoms with Gasteiger partial charge in [0.15, 0.2) is 5.69 Å². The zero-order valence-electron chi connectivity index (χ0n) is 19.4. The van der Waals surface area contributed by atoms with Crippen molar-refractivity contribution < 1.29 is 4.79 Å². The van der Waals surface area contributed by atoms with Crippen molar-refractivity contribution in [3.8, 4) is 11.4 Å². The van der Waals surface area contributed by atoms with Crippen molar-refractivity contribution in [1.29, 1.82) is 0 Å². The molecule has 32 heavy (non-hydrogen) atoms. The van der Waals surface area contributed by atoms with Crippen LogP contribution in [0.15, 0.2) is 30.5 Å². The maximum Gasteiger partial charge on any atom is 0.271 e. The highest BCUT2D eigenvalue weighted by Gasteiger charge is 2.39. The van der Waals surface area contributed by atoms with Crippen LogP contribution >= 0.6 is 12.4 Å². The number of nitrogens with one attached hydrogen (secondary N) is 2. The first-order chi connectivity index (χ1) is 14.7. The third-order valence-corrected chi connectivity index (χ3v) is 5.60. The van der Waals surface area contributed by atoms with Gasteiger partial charge in [-0.2, -0.15) is 5.10 Å². The van der Waals surface area contributed by atoms with E-state index in [4.69, 9.17) is 4.98 Å². The third kappa shape index (κ3) is 4.33. The van der Waals surface area contributed by atoms with Crippen LogP contribution in [0.5, 0.6) is 0 Å². The second-order valence-corrected chi connectivity index (χ2v) is 8.96. The van der Waals surface area contributed by atoms with Crippen molar-refractivity contribution >= 4 is 29.9 Å². The van der Waals surface area contributed by atoms with E-state index in [9.17, 15) is 4.79 Å². The number of amides is 1. The molecule has 9 heteroatoms. The summed E-state index contributed by atoms with van der Waals surface area (Å²) >= 11 is 0. The first-order valence-electron chi connectivity index (χ1n) is 10.4. The Morgan fingerprint density at radius 1 is 1.22 bits per heavy atom. The minimum absolute atomic E-state index is 0. The SMILES string of the molecule is CNC(=O)c1nn(C)c2c1C(C)(C)Cc1cnc(Nc3ccc(CN(C)C)cc3)nc1-2.Cl. The number of hydrogen-bond donors (Lipinski definition) is 2. The predicted octanol–water partition coefficient (Wildman–Crippen LogP) is 3.30. The first-order valence-corrected chi connectivity index (χ1v) is 10.4. The summed E-state index contributed by atoms with van der Waals surface area (Å²) in [6.45, 7) is 5.15. The fourth-order valence-corrected chi connectivity index (χ4v) is 4.27. The lowest BCUT2D eigenvalue weighted by Gasteiger charge is -2.31. The maximum absolute atomic E-state index is 12.5. The molecular weight excluding hydrogens is 426 g/mol. The van der Waals surface area contributed by atoms with Crippen LogP contribution in [0.2, 0.25) is 0 Å². The van der Waals surface area contributed by atoms with E-state index in [1.807, 2.05) is 25.4 Å². The molecule has 0 unspecified atom stereocenters. The Morgan fingerprint density at radius 3 is 2.53 bits per heavy atom. The third-order valence-electron chi connectivity index (χ3n) is 5.60. The van der Waals surface area contributed by atoms with Gasteiger partial charge >= 0.3 is 0 Å². The highest BCUT2D eigenvalue weighted by molar-refractivity contribution is 5.96. The molecule has 0 saturated heterocycles. The van der Waals surface area contributed by atoms with Gasteiger partial charge in [-0.25, -0.2) is 9.97 Å². The van der Waals surface area contributed by atoms with E-state index in [0.717, 1.165) is 41.2 Å². The quantitative estimate of drug-likeness (QED) is 0.613. The van der Waals surface area contributed by atoms with Crippen molar-refractivity contribution in [2.24, 2.45) is 7.05 Å². The van der Waals surface area contributed by atoms with Crippen molar-refractivity contribution in [3.05, 3.63) is 52.8 Å². The molecule has 1 amide bonds. The van der Waals surface area contributed by atoms with Gasteiger partial charge in [0, 0.05) is 38.1 Å². The minimum atomic E-state index is -0.251. The van der Waals surface area contributed by atoms with Crippen LogP contribution in [0.25, 0.3) is 11.4 Å². The molecule has 8 nitrogen and oxygen atoms in total. The zero-order valence-corrected chi connectivity index (χ0v) is 20.2. The van der Waals surface area contributed by atoms with Gasteiger partial charge in [-0.1, -0.05) is 26.0 Å². The van der Waals surface area contributed by atoms with E-state index in [-0.39, 0.29) is 23.7 Å². The van der Waals surface area contributed by atoms with Gasteiger partial charge in [-0.15, -0.1) is 12.4 Å². The largest absolute Gasteiger partial charge is 0.354 e. The molecule has 0 atom stereocenters. The summed E-state index contributed by atoms with van der Waals surface area (Å²) in [5.74, 6) is 0.339. The number of carbonyl (C=O) groups is 1. The predicted molar refractivity (Wildman–Crippen MR) is 129 cm³/mol. The standard InChI is InChI=1S/C23H29N7O.ClH/c1-23(2)11-15-12-25-22(26-16-9-7-14(8-10-16)13-29(4)5)27-18(15)20-17(23)19(21(31)24-3)28-30(20)6;/h7-10,12H,11,13H2,1-6H3,(H,24,31)(H,25,26,27);1H. The zero-order chi connectivity index (χ0) is 22.3. The van der Waals surface area contributed by atoms with E-state index in [0.29, 0.717) is 11.6 Å². The number of aromatic nitrogens is 4. The van der Waals surface area contributed by atoms with Crippen LogP contribution in [0.3, 0.4) is 0 Å². The van der Waals surface area contributed by atoms with Gasteiger partial charge in [0.2, 0.25) is 5.95 Å². The van der Waals surface area contributed by atoms with Gasteiger partial charge in [-0.05, 0) is 49.2 Å². The number of anilines is 2. The van der Waals surface area contributed by atoms with E-state index < -0.39 is 0 Å². The van der Waals surface area contributed by atoms with Crippen LogP contribution in [-0.4, -0.2) is 51.7 Å². The second-order valence-electron chi connectivity index (χ2n) is 8.96. The number of carbonyl (C=O) groups excluding carboxylic acids is 1. The second kappa shape index (κ2) is 8.88. The molecule has 0 spiro atoms. The number of nitrogens with zero attached hydrogens (tertiary/aromatic N) is 5. The Kier molecular flexibility index (Phi) is 6.57. The molecule has 0 bridgehead atoms. The molecule has 2 heterocycles. The monoisotopic (exact) mass is 455 g/mol. The minimum Gasteiger partial charge on any atom is -0.354 e. The molecule has 0 saturated carbocycles. The highest BCUT2D eigenvalue weighted by atomic mass is 35.5. The lowest BCUT2D eigenvalue weighted by molar-refractivity contribution is 0.0955. The van der Waals surface area contributed by atoms with Crippen LogP contribution < -0.4 is 10.6 Å². The Balaban J connectivity index is 0.00000289. The number of hydrogen-bond acceptors (Lipinski definition) is 6. The smallest absolute Gasteiger partial charge is 0.271 e. The average molecular weight is 456 g/mol. The molecule has 0 fully saturated rings. The molecule has 1 aliphatic rings. The molecule has 170 valence electrons. The van der Waals surface area contributed by atoms with Crippen LogP contribution in [0, 0.1) is 0 Å². The van der Waals surface area contributed by atoms with Gasteiger partial charge in [0.25, 0.3) is 5.91 Å². The molecule has 2 N–H and O–H groups in total. The van der Waals surface area contributed by atoms with E-state index in [1.165, 1.54) is 5.56 Å². The molecule has 0 aliphatic heterocycles. The number of benzene rings is 1. The fraction of sp³-hybridized carbons (Fsp3) is 0.391. The number of rotatable bonds is 5. The molecule has 1 aromatic carbocycles. The van der Waals surface area contributed by atoms with Crippen molar-refractivity contribution in [2.75, 3.05) is 26.5 Å². The summed E-state index contributed by atoms with van der Waals surface area (Å²) < 4.78 is 1.76. The van der Waals surface area contributed by atoms with Crippen LogP contribution in [0.1, 0.15) is 41.0 Å². The highest BCUT2D eigenvalue weighted by Crippen LogP contribution is 2.43. The number of aryl methyl sites for hydroxylation is 1. The lowest BCUT2D eigenvalue weighted by atomic mass is 9.73. The molecule has 2 aromatic heterocycles. The fourth-order valence-electron chi connectivity index (χ4n) is 4.27. The van der Waals surface area contributed by atoms with E-state index in [1.54, 1.807) is 11.7 Å². The van der Waals surface area contributed by atoms with Crippen molar-refractivity contribution in [2.45, 2.75) is 32.2 Å². The van der Waals surface area contributed by atoms with Gasteiger partial charge in [-0.3, -0.25) is 9.48 Å². The Hall–Kier alpha value is -2.97. The van der Waals surface area contributed by atoms with Gasteiger partial charge < -0.3 is 15.5 Å². The normalized spacial score (nSPS) is 13.7. The Bertz CT molecular complexity index is 1140. The van der Waals surface area contributed by atoms with Crippen molar-refractivity contribution in [3.63, 3.8) is 0 Å². The van der Waals surface area contributed by atoms with Gasteiger partial charge in [0.1, 0.15) is 0 Å². The summed E-state index contributed by atoms with van der Waals surface area (Å²) in [7, 11) is 7.59. The van der Waals surface area contributed by atoms with Crippen molar-refractivity contribution in [1.82, 2.24) is 30.0 Å². The summed E-state index contributed by atoms with van der Waals surface area (Å²) in [6, 6.07) is 8.25.